The molecule has 0 atom stereocenters. The summed E-state index contributed by atoms with van der Waals surface area (Å²) in [5, 5.41) is 2.88. The summed E-state index contributed by atoms with van der Waals surface area (Å²) in [7, 11) is -3.58. The Morgan fingerprint density at radius 1 is 1.08 bits per heavy atom. The Morgan fingerprint density at radius 3 is 2.54 bits per heavy atom. The first-order valence-corrected chi connectivity index (χ1v) is 10.2. The molecule has 1 aliphatic carbocycles. The molecule has 0 aromatic heterocycles. The average molecular weight is 368 g/mol. The summed E-state index contributed by atoms with van der Waals surface area (Å²) >= 11 is 0. The summed E-state index contributed by atoms with van der Waals surface area (Å²) < 4.78 is 27.4. The van der Waals surface area contributed by atoms with Crippen LogP contribution in [0.2, 0.25) is 0 Å². The molecule has 2 aromatic carbocycles. The van der Waals surface area contributed by atoms with E-state index in [9.17, 15) is 13.2 Å². The third-order valence-corrected chi connectivity index (χ3v) is 6.49. The normalized spacial score (nSPS) is 16.7. The van der Waals surface area contributed by atoms with Crippen molar-refractivity contribution in [3.05, 3.63) is 65.7 Å². The lowest BCUT2D eigenvalue weighted by Gasteiger charge is -2.19. The van der Waals surface area contributed by atoms with Gasteiger partial charge in [0.05, 0.1) is 10.6 Å². The highest BCUT2D eigenvalue weighted by atomic mass is 32.2. The number of nitrogens with one attached hydrogen (secondary N) is 1. The Labute approximate surface area is 153 Å². The molecule has 1 N–H and O–H groups in total. The van der Waals surface area contributed by atoms with E-state index in [4.69, 9.17) is 0 Å². The Bertz CT molecular complexity index is 961. The van der Waals surface area contributed by atoms with Crippen LogP contribution in [-0.4, -0.2) is 26.9 Å². The zero-order chi connectivity index (χ0) is 18.1. The van der Waals surface area contributed by atoms with Crippen molar-refractivity contribution >= 4 is 27.7 Å². The van der Waals surface area contributed by atoms with Gasteiger partial charge in [-0.3, -0.25) is 9.10 Å². The first kappa shape index (κ1) is 16.8. The summed E-state index contributed by atoms with van der Waals surface area (Å²) in [5.41, 5.74) is 2.60. The van der Waals surface area contributed by atoms with Gasteiger partial charge >= 0.3 is 0 Å². The number of sulfonamides is 1. The second-order valence-electron chi connectivity index (χ2n) is 6.64. The fraction of sp³-hybridized carbons (Fsp3) is 0.250. The third kappa shape index (κ3) is 3.37. The zero-order valence-electron chi connectivity index (χ0n) is 14.3. The number of amides is 1. The number of hydrogen-bond acceptors (Lipinski definition) is 3. The van der Waals surface area contributed by atoms with Gasteiger partial charge in [-0.05, 0) is 54.7 Å². The van der Waals surface area contributed by atoms with Crippen LogP contribution in [0.1, 0.15) is 24.0 Å². The smallest absolute Gasteiger partial charge is 0.264 e. The lowest BCUT2D eigenvalue weighted by atomic mass is 10.2. The molecule has 2 aromatic rings. The van der Waals surface area contributed by atoms with E-state index >= 15 is 0 Å². The van der Waals surface area contributed by atoms with E-state index in [1.807, 2.05) is 24.3 Å². The number of anilines is 1. The van der Waals surface area contributed by atoms with Crippen LogP contribution in [0, 0.1) is 0 Å². The van der Waals surface area contributed by atoms with Crippen LogP contribution in [0.15, 0.2) is 59.5 Å². The van der Waals surface area contributed by atoms with Gasteiger partial charge in [0.2, 0.25) is 5.91 Å². The fourth-order valence-electron chi connectivity index (χ4n) is 3.08. The highest BCUT2D eigenvalue weighted by Gasteiger charge is 2.30. The number of carbonyl (C=O) groups excluding carboxylic acids is 1. The van der Waals surface area contributed by atoms with Gasteiger partial charge in [0.25, 0.3) is 10.0 Å². The lowest BCUT2D eigenvalue weighted by molar-refractivity contribution is -0.116. The zero-order valence-corrected chi connectivity index (χ0v) is 15.1. The van der Waals surface area contributed by atoms with Crippen LogP contribution in [0.5, 0.6) is 0 Å². The van der Waals surface area contributed by atoms with E-state index in [0.29, 0.717) is 12.6 Å². The van der Waals surface area contributed by atoms with E-state index in [1.54, 1.807) is 30.3 Å². The van der Waals surface area contributed by atoms with Gasteiger partial charge < -0.3 is 5.32 Å². The number of para-hydroxylation sites is 1. The van der Waals surface area contributed by atoms with E-state index < -0.39 is 10.0 Å². The number of rotatable bonds is 5. The highest BCUT2D eigenvalue weighted by molar-refractivity contribution is 7.92. The monoisotopic (exact) mass is 368 g/mol. The maximum atomic E-state index is 12.9. The number of nitrogens with zero attached hydrogens (tertiary/aromatic N) is 1. The Morgan fingerprint density at radius 2 is 1.81 bits per heavy atom. The van der Waals surface area contributed by atoms with Crippen molar-refractivity contribution in [2.75, 3.05) is 10.8 Å². The average Bonchev–Trinajstić information content (AvgIpc) is 3.34. The summed E-state index contributed by atoms with van der Waals surface area (Å²) in [4.78, 5) is 11.9. The quantitative estimate of drug-likeness (QED) is 0.825. The maximum absolute atomic E-state index is 12.9. The molecule has 0 radical (unpaired) electrons. The van der Waals surface area contributed by atoms with Crippen LogP contribution in [0.3, 0.4) is 0 Å². The molecule has 0 saturated heterocycles. The van der Waals surface area contributed by atoms with Crippen LogP contribution >= 0.6 is 0 Å². The van der Waals surface area contributed by atoms with Crippen molar-refractivity contribution in [3.8, 4) is 0 Å². The van der Waals surface area contributed by atoms with Crippen molar-refractivity contribution in [1.82, 2.24) is 5.32 Å². The molecular formula is C20H20N2O3S. The number of benzene rings is 2. The Kier molecular flexibility index (Phi) is 4.28. The molecule has 26 heavy (non-hydrogen) atoms. The molecule has 1 aliphatic heterocycles. The van der Waals surface area contributed by atoms with E-state index in [-0.39, 0.29) is 10.8 Å². The molecule has 1 saturated carbocycles. The van der Waals surface area contributed by atoms with Gasteiger partial charge in [0, 0.05) is 18.7 Å². The van der Waals surface area contributed by atoms with E-state index in [1.165, 1.54) is 10.4 Å². The predicted molar refractivity (Wildman–Crippen MR) is 101 cm³/mol. The molecule has 6 heteroatoms. The van der Waals surface area contributed by atoms with Gasteiger partial charge in [0.15, 0.2) is 0 Å². The first-order valence-electron chi connectivity index (χ1n) is 8.73. The van der Waals surface area contributed by atoms with Gasteiger partial charge in [-0.15, -0.1) is 0 Å². The van der Waals surface area contributed by atoms with Crippen molar-refractivity contribution in [3.63, 3.8) is 0 Å². The number of fused-ring (bicyclic) bond motifs is 1. The number of carbonyl (C=O) groups is 1. The molecule has 0 spiro atoms. The Balaban J connectivity index is 1.51. The largest absolute Gasteiger partial charge is 0.350 e. The molecule has 1 amide bonds. The maximum Gasteiger partial charge on any atom is 0.264 e. The highest BCUT2D eigenvalue weighted by Crippen LogP contribution is 2.32. The summed E-state index contributed by atoms with van der Waals surface area (Å²) in [6, 6.07) is 14.5. The minimum absolute atomic E-state index is 0.113. The second kappa shape index (κ2) is 6.61. The molecule has 134 valence electrons. The summed E-state index contributed by atoms with van der Waals surface area (Å²) in [5.74, 6) is -0.113. The van der Waals surface area contributed by atoms with Crippen LogP contribution in [0.25, 0.3) is 6.08 Å². The van der Waals surface area contributed by atoms with Crippen LogP contribution in [-0.2, 0) is 21.2 Å². The molecule has 1 fully saturated rings. The van der Waals surface area contributed by atoms with Crippen molar-refractivity contribution in [2.45, 2.75) is 30.2 Å². The molecule has 0 bridgehead atoms. The minimum Gasteiger partial charge on any atom is -0.350 e. The summed E-state index contributed by atoms with van der Waals surface area (Å²) in [6.45, 7) is 0.463. The van der Waals surface area contributed by atoms with Crippen molar-refractivity contribution < 1.29 is 13.2 Å². The summed E-state index contributed by atoms with van der Waals surface area (Å²) in [6.07, 6.45) is 6.00. The standard InChI is InChI=1S/C20H20N2O3S/c23-20(21-17-8-9-17)12-7-15-5-10-18(11-6-15)26(24,25)22-14-13-16-3-1-2-4-19(16)22/h1-7,10-12,17H,8-9,13-14H2,(H,21,23)/b12-7+. The van der Waals surface area contributed by atoms with Gasteiger partial charge in [0.1, 0.15) is 0 Å². The van der Waals surface area contributed by atoms with Crippen LogP contribution in [0.4, 0.5) is 5.69 Å². The second-order valence-corrected chi connectivity index (χ2v) is 8.50. The van der Waals surface area contributed by atoms with Gasteiger partial charge in [-0.25, -0.2) is 8.42 Å². The van der Waals surface area contributed by atoms with E-state index in [0.717, 1.165) is 36.1 Å². The van der Waals surface area contributed by atoms with Crippen molar-refractivity contribution in [1.29, 1.82) is 0 Å². The SMILES string of the molecule is O=C(/C=C/c1ccc(S(=O)(=O)N2CCc3ccccc32)cc1)NC1CC1. The topological polar surface area (TPSA) is 66.5 Å². The van der Waals surface area contributed by atoms with Gasteiger partial charge in [-0.1, -0.05) is 30.3 Å². The molecule has 5 nitrogen and oxygen atoms in total. The Hall–Kier alpha value is -2.60. The van der Waals surface area contributed by atoms with Crippen LogP contribution < -0.4 is 9.62 Å². The molecule has 4 rings (SSSR count). The minimum atomic E-state index is -3.58. The predicted octanol–water partition coefficient (Wildman–Crippen LogP) is 2.73. The molecule has 1 heterocycles. The van der Waals surface area contributed by atoms with E-state index in [2.05, 4.69) is 5.32 Å². The first-order chi connectivity index (χ1) is 12.5. The van der Waals surface area contributed by atoms with Crippen molar-refractivity contribution in [2.24, 2.45) is 0 Å². The lowest BCUT2D eigenvalue weighted by Crippen LogP contribution is -2.29. The molecular weight excluding hydrogens is 348 g/mol. The van der Waals surface area contributed by atoms with Gasteiger partial charge in [-0.2, -0.15) is 0 Å². The molecule has 0 unspecified atom stereocenters. The number of hydrogen-bond donors (Lipinski definition) is 1. The fourth-order valence-corrected chi connectivity index (χ4v) is 4.59. The third-order valence-electron chi connectivity index (χ3n) is 4.66. The molecule has 2 aliphatic rings.